The van der Waals surface area contributed by atoms with Gasteiger partial charge in [0.1, 0.15) is 4.90 Å². The fourth-order valence-corrected chi connectivity index (χ4v) is 5.56. The molecule has 1 N–H and O–H groups in total. The number of nitrogens with zero attached hydrogens (tertiary/aromatic N) is 2. The Morgan fingerprint density at radius 3 is 2.34 bits per heavy atom. The van der Waals surface area contributed by atoms with Crippen molar-refractivity contribution in [2.75, 3.05) is 19.6 Å². The molecule has 1 aliphatic heterocycles. The Bertz CT molecular complexity index is 959. The maximum Gasteiger partial charge on any atom is 0.257 e. The lowest BCUT2D eigenvalue weighted by Gasteiger charge is -2.27. The summed E-state index contributed by atoms with van der Waals surface area (Å²) in [7, 11) is -1.97. The average molecular weight is 418 g/mol. The number of amides is 1. The van der Waals surface area contributed by atoms with Crippen molar-refractivity contribution in [3.8, 4) is 0 Å². The summed E-state index contributed by atoms with van der Waals surface area (Å²) in [6, 6.07) is 10.00. The van der Waals surface area contributed by atoms with Crippen LogP contribution in [-0.4, -0.2) is 43.4 Å². The molecule has 2 heterocycles. The quantitative estimate of drug-likeness (QED) is 0.704. The smallest absolute Gasteiger partial charge is 0.257 e. The number of aromatic nitrogens is 1. The van der Waals surface area contributed by atoms with Crippen LogP contribution in [0.1, 0.15) is 53.0 Å². The standard InChI is InChI=1S/C22H31N3O3S/c1-17-20(22(26)25-15-8-5-9-16-25)21(18(2)24(17)3)29(27,28)23-14-10-13-19-11-6-4-7-12-19/h4,6-7,11-12,23H,5,8-10,13-16H2,1-3H3. The summed E-state index contributed by atoms with van der Waals surface area (Å²) < 4.78 is 30.8. The molecule has 6 nitrogen and oxygen atoms in total. The Hall–Kier alpha value is -2.12. The van der Waals surface area contributed by atoms with Crippen LogP contribution >= 0.6 is 0 Å². The molecule has 1 amide bonds. The molecule has 0 radical (unpaired) electrons. The molecule has 7 heteroatoms. The number of nitrogens with one attached hydrogen (secondary N) is 1. The van der Waals surface area contributed by atoms with Gasteiger partial charge >= 0.3 is 0 Å². The largest absolute Gasteiger partial charge is 0.350 e. The van der Waals surface area contributed by atoms with Crippen LogP contribution in [-0.2, 0) is 23.5 Å². The minimum Gasteiger partial charge on any atom is -0.350 e. The SMILES string of the molecule is Cc1c(C(=O)N2CCCCC2)c(S(=O)(=O)NCCCc2ccccc2)c(C)n1C. The first-order valence-corrected chi connectivity index (χ1v) is 11.8. The number of aryl methyl sites for hydroxylation is 1. The van der Waals surface area contributed by atoms with Crippen molar-refractivity contribution < 1.29 is 13.2 Å². The van der Waals surface area contributed by atoms with Crippen molar-refractivity contribution in [2.45, 2.75) is 50.8 Å². The van der Waals surface area contributed by atoms with Gasteiger partial charge in [-0.2, -0.15) is 0 Å². The molecule has 0 bridgehead atoms. The van der Waals surface area contributed by atoms with Crippen LogP contribution in [0, 0.1) is 13.8 Å². The van der Waals surface area contributed by atoms with Gasteiger partial charge in [0.2, 0.25) is 10.0 Å². The minimum absolute atomic E-state index is 0.132. The molecule has 0 aliphatic carbocycles. The van der Waals surface area contributed by atoms with Crippen LogP contribution in [0.5, 0.6) is 0 Å². The Balaban J connectivity index is 1.78. The van der Waals surface area contributed by atoms with E-state index in [0.29, 0.717) is 43.0 Å². The monoisotopic (exact) mass is 417 g/mol. The highest BCUT2D eigenvalue weighted by atomic mass is 32.2. The van der Waals surface area contributed by atoms with E-state index in [1.807, 2.05) is 44.3 Å². The number of sulfonamides is 1. The fraction of sp³-hybridized carbons (Fsp3) is 0.500. The Morgan fingerprint density at radius 1 is 1.03 bits per heavy atom. The summed E-state index contributed by atoms with van der Waals surface area (Å²) >= 11 is 0. The third-order valence-electron chi connectivity index (χ3n) is 5.83. The van der Waals surface area contributed by atoms with Crippen LogP contribution in [0.3, 0.4) is 0 Å². The number of piperidine rings is 1. The maximum absolute atomic E-state index is 13.2. The van der Waals surface area contributed by atoms with E-state index in [0.717, 1.165) is 25.7 Å². The van der Waals surface area contributed by atoms with E-state index in [9.17, 15) is 13.2 Å². The number of carbonyl (C=O) groups is 1. The third kappa shape index (κ3) is 4.73. The van der Waals surface area contributed by atoms with E-state index in [1.165, 1.54) is 5.56 Å². The zero-order valence-electron chi connectivity index (χ0n) is 17.6. The highest BCUT2D eigenvalue weighted by molar-refractivity contribution is 7.89. The molecule has 2 aromatic rings. The number of carbonyl (C=O) groups excluding carboxylic acids is 1. The predicted octanol–water partition coefficient (Wildman–Crippen LogP) is 3.18. The van der Waals surface area contributed by atoms with Crippen LogP contribution in [0.15, 0.2) is 35.2 Å². The Morgan fingerprint density at radius 2 is 1.69 bits per heavy atom. The second-order valence-corrected chi connectivity index (χ2v) is 9.48. The first-order chi connectivity index (χ1) is 13.8. The predicted molar refractivity (Wildman–Crippen MR) is 115 cm³/mol. The Labute approximate surface area is 174 Å². The number of benzene rings is 1. The summed E-state index contributed by atoms with van der Waals surface area (Å²) in [5.41, 5.74) is 2.79. The molecule has 0 atom stereocenters. The van der Waals surface area contributed by atoms with Crippen LogP contribution in [0.2, 0.25) is 0 Å². The molecule has 1 aromatic heterocycles. The van der Waals surface area contributed by atoms with Gasteiger partial charge in [-0.05, 0) is 51.5 Å². The van der Waals surface area contributed by atoms with Gasteiger partial charge in [-0.15, -0.1) is 0 Å². The van der Waals surface area contributed by atoms with Gasteiger partial charge < -0.3 is 9.47 Å². The normalized spacial score (nSPS) is 14.9. The van der Waals surface area contributed by atoms with E-state index in [4.69, 9.17) is 0 Å². The second-order valence-electron chi connectivity index (χ2n) is 7.77. The molecular weight excluding hydrogens is 386 g/mol. The highest BCUT2D eigenvalue weighted by Crippen LogP contribution is 2.28. The molecule has 1 aromatic carbocycles. The summed E-state index contributed by atoms with van der Waals surface area (Å²) in [5.74, 6) is -0.171. The maximum atomic E-state index is 13.2. The third-order valence-corrected chi connectivity index (χ3v) is 7.45. The van der Waals surface area contributed by atoms with E-state index in [1.54, 1.807) is 16.4 Å². The number of rotatable bonds is 7. The number of hydrogen-bond donors (Lipinski definition) is 1. The van der Waals surface area contributed by atoms with E-state index in [-0.39, 0.29) is 10.8 Å². The van der Waals surface area contributed by atoms with Crippen LogP contribution < -0.4 is 4.72 Å². The molecule has 0 unspecified atom stereocenters. The lowest BCUT2D eigenvalue weighted by Crippen LogP contribution is -2.37. The average Bonchev–Trinajstić information content (AvgIpc) is 2.96. The van der Waals surface area contributed by atoms with Gasteiger partial charge in [0.15, 0.2) is 0 Å². The topological polar surface area (TPSA) is 71.4 Å². The van der Waals surface area contributed by atoms with Crippen molar-refractivity contribution in [1.82, 2.24) is 14.2 Å². The number of hydrogen-bond acceptors (Lipinski definition) is 3. The van der Waals surface area contributed by atoms with E-state index >= 15 is 0 Å². The van der Waals surface area contributed by atoms with Crippen LogP contribution in [0.4, 0.5) is 0 Å². The summed E-state index contributed by atoms with van der Waals surface area (Å²) in [6.45, 7) is 5.30. The fourth-order valence-electron chi connectivity index (χ4n) is 3.97. The zero-order chi connectivity index (χ0) is 21.0. The van der Waals surface area contributed by atoms with Crippen molar-refractivity contribution in [3.05, 3.63) is 52.8 Å². The molecule has 158 valence electrons. The second kappa shape index (κ2) is 9.13. The molecule has 0 spiro atoms. The summed E-state index contributed by atoms with van der Waals surface area (Å²) in [4.78, 5) is 15.1. The summed E-state index contributed by atoms with van der Waals surface area (Å²) in [6.07, 6.45) is 4.55. The molecule has 1 aliphatic rings. The van der Waals surface area contributed by atoms with Crippen molar-refractivity contribution in [3.63, 3.8) is 0 Å². The zero-order valence-corrected chi connectivity index (χ0v) is 18.4. The Kier molecular flexibility index (Phi) is 6.80. The molecule has 29 heavy (non-hydrogen) atoms. The molecule has 1 fully saturated rings. The van der Waals surface area contributed by atoms with Gasteiger partial charge in [-0.3, -0.25) is 4.79 Å². The molecule has 0 saturated carbocycles. The molecular formula is C22H31N3O3S. The van der Waals surface area contributed by atoms with E-state index in [2.05, 4.69) is 4.72 Å². The lowest BCUT2D eigenvalue weighted by atomic mass is 10.1. The lowest BCUT2D eigenvalue weighted by molar-refractivity contribution is 0.0719. The summed E-state index contributed by atoms with van der Waals surface area (Å²) in [5, 5.41) is 0. The highest BCUT2D eigenvalue weighted by Gasteiger charge is 2.33. The van der Waals surface area contributed by atoms with Crippen molar-refractivity contribution >= 4 is 15.9 Å². The number of likely N-dealkylation sites (tertiary alicyclic amines) is 1. The van der Waals surface area contributed by atoms with Gasteiger partial charge in [0.05, 0.1) is 5.56 Å². The first kappa shape index (κ1) is 21.6. The van der Waals surface area contributed by atoms with Gasteiger partial charge in [-0.1, -0.05) is 30.3 Å². The van der Waals surface area contributed by atoms with Crippen molar-refractivity contribution in [2.24, 2.45) is 7.05 Å². The van der Waals surface area contributed by atoms with E-state index < -0.39 is 10.0 Å². The minimum atomic E-state index is -3.78. The van der Waals surface area contributed by atoms with Gasteiger partial charge in [-0.25, -0.2) is 13.1 Å². The first-order valence-electron chi connectivity index (χ1n) is 10.3. The van der Waals surface area contributed by atoms with Crippen molar-refractivity contribution in [1.29, 1.82) is 0 Å². The molecule has 1 saturated heterocycles. The van der Waals surface area contributed by atoms with Crippen LogP contribution in [0.25, 0.3) is 0 Å². The van der Waals surface area contributed by atoms with Gasteiger partial charge in [0, 0.05) is 38.1 Å². The van der Waals surface area contributed by atoms with Gasteiger partial charge in [0.25, 0.3) is 5.91 Å². The molecule has 3 rings (SSSR count).